The third-order valence-electron chi connectivity index (χ3n) is 8.11. The molecule has 0 atom stereocenters. The zero-order valence-electron chi connectivity index (χ0n) is 21.5. The minimum Gasteiger partial charge on any atom is -0.309 e. The molecule has 0 saturated heterocycles. The molecule has 0 radical (unpaired) electrons. The first-order valence-corrected chi connectivity index (χ1v) is 13.6. The van der Waals surface area contributed by atoms with E-state index in [4.69, 9.17) is 0 Å². The molecule has 2 heteroatoms. The largest absolute Gasteiger partial charge is 0.309 e. The number of pyridine rings is 1. The van der Waals surface area contributed by atoms with Crippen LogP contribution in [0.25, 0.3) is 50.2 Å². The van der Waals surface area contributed by atoms with Crippen molar-refractivity contribution < 1.29 is 0 Å². The molecule has 5 aromatic carbocycles. The molecule has 0 amide bonds. The van der Waals surface area contributed by atoms with E-state index in [1.807, 2.05) is 18.5 Å². The maximum absolute atomic E-state index is 4.41. The van der Waals surface area contributed by atoms with Gasteiger partial charge in [0.15, 0.2) is 0 Å². The van der Waals surface area contributed by atoms with Crippen LogP contribution in [0.1, 0.15) is 17.5 Å². The molecule has 2 nitrogen and oxygen atoms in total. The number of allylic oxidation sites excluding steroid dienone is 1. The highest BCUT2D eigenvalue weighted by atomic mass is 15.1. The van der Waals surface area contributed by atoms with Crippen LogP contribution in [0.5, 0.6) is 0 Å². The van der Waals surface area contributed by atoms with Crippen LogP contribution in [-0.2, 0) is 6.42 Å². The van der Waals surface area contributed by atoms with E-state index >= 15 is 0 Å². The van der Waals surface area contributed by atoms with E-state index in [0.29, 0.717) is 0 Å². The van der Waals surface area contributed by atoms with Gasteiger partial charge in [0.05, 0.1) is 11.9 Å². The molecule has 0 fully saturated rings. The highest BCUT2D eigenvalue weighted by Crippen LogP contribution is 2.50. The molecule has 0 spiro atoms. The summed E-state index contributed by atoms with van der Waals surface area (Å²) >= 11 is 0. The second-order valence-electron chi connectivity index (χ2n) is 10.4. The van der Waals surface area contributed by atoms with E-state index in [2.05, 4.69) is 125 Å². The summed E-state index contributed by atoms with van der Waals surface area (Å²) in [5.74, 6) is 0. The molecule has 0 saturated carbocycles. The first-order valence-electron chi connectivity index (χ1n) is 13.6. The Labute approximate surface area is 228 Å². The minimum absolute atomic E-state index is 1.04. The average Bonchev–Trinajstić information content (AvgIpc) is 3.31. The number of benzene rings is 5. The Hall–Kier alpha value is -4.95. The van der Waals surface area contributed by atoms with Gasteiger partial charge in [-0.25, -0.2) is 0 Å². The smallest absolute Gasteiger partial charge is 0.0644 e. The van der Waals surface area contributed by atoms with Crippen LogP contribution in [0, 0.1) is 0 Å². The molecule has 0 bridgehead atoms. The summed E-state index contributed by atoms with van der Waals surface area (Å²) in [5, 5.41) is 2.67. The van der Waals surface area contributed by atoms with E-state index in [9.17, 15) is 0 Å². The Bertz CT molecular complexity index is 1860. The molecule has 0 unspecified atom stereocenters. The second-order valence-corrected chi connectivity index (χ2v) is 10.4. The quantitative estimate of drug-likeness (QED) is 0.240. The lowest BCUT2D eigenvalue weighted by molar-refractivity contribution is 0.987. The molecule has 6 aromatic rings. The van der Waals surface area contributed by atoms with Crippen molar-refractivity contribution in [3.8, 4) is 33.4 Å². The lowest BCUT2D eigenvalue weighted by atomic mass is 9.91. The number of hydrogen-bond acceptors (Lipinski definition) is 2. The summed E-state index contributed by atoms with van der Waals surface area (Å²) in [6.07, 6.45) is 10.6. The predicted molar refractivity (Wildman–Crippen MR) is 164 cm³/mol. The summed E-state index contributed by atoms with van der Waals surface area (Å²) in [6.45, 7) is 0. The van der Waals surface area contributed by atoms with Crippen LogP contribution in [-0.4, -0.2) is 4.98 Å². The van der Waals surface area contributed by atoms with Gasteiger partial charge in [0, 0.05) is 17.6 Å². The van der Waals surface area contributed by atoms with Crippen LogP contribution in [0.3, 0.4) is 0 Å². The van der Waals surface area contributed by atoms with Gasteiger partial charge in [-0.15, -0.1) is 0 Å². The van der Waals surface area contributed by atoms with Gasteiger partial charge in [-0.1, -0.05) is 72.8 Å². The Balaban J connectivity index is 1.29. The Morgan fingerprint density at radius 3 is 2.28 bits per heavy atom. The molecule has 184 valence electrons. The zero-order valence-corrected chi connectivity index (χ0v) is 21.5. The summed E-state index contributed by atoms with van der Waals surface area (Å²) in [6, 6.07) is 39.7. The Morgan fingerprint density at radius 1 is 0.590 bits per heavy atom. The van der Waals surface area contributed by atoms with Crippen molar-refractivity contribution in [2.45, 2.75) is 12.8 Å². The molecule has 0 N–H and O–H groups in total. The summed E-state index contributed by atoms with van der Waals surface area (Å²) in [7, 11) is 0. The summed E-state index contributed by atoms with van der Waals surface area (Å²) in [5.41, 5.74) is 14.0. The van der Waals surface area contributed by atoms with Gasteiger partial charge < -0.3 is 4.90 Å². The first kappa shape index (κ1) is 22.1. The molecule has 39 heavy (non-hydrogen) atoms. The molecule has 2 aliphatic rings. The van der Waals surface area contributed by atoms with Crippen molar-refractivity contribution >= 4 is 33.9 Å². The van der Waals surface area contributed by atoms with E-state index < -0.39 is 0 Å². The maximum Gasteiger partial charge on any atom is 0.0644 e. The van der Waals surface area contributed by atoms with E-state index in [-0.39, 0.29) is 0 Å². The Kier molecular flexibility index (Phi) is 4.99. The number of nitrogens with zero attached hydrogens (tertiary/aromatic N) is 2. The number of aromatic nitrogens is 1. The molecular weight excluding hydrogens is 472 g/mol. The molecule has 0 aliphatic heterocycles. The number of fused-ring (bicyclic) bond motifs is 4. The van der Waals surface area contributed by atoms with Crippen molar-refractivity contribution in [3.05, 3.63) is 139 Å². The monoisotopic (exact) mass is 498 g/mol. The predicted octanol–water partition coefficient (Wildman–Crippen LogP) is 9.98. The summed E-state index contributed by atoms with van der Waals surface area (Å²) in [4.78, 5) is 6.68. The molecule has 8 rings (SSSR count). The number of para-hydroxylation sites is 1. The van der Waals surface area contributed by atoms with Crippen molar-refractivity contribution in [2.75, 3.05) is 4.90 Å². The van der Waals surface area contributed by atoms with Gasteiger partial charge in [0.25, 0.3) is 0 Å². The fraction of sp³-hybridized carbons (Fsp3) is 0.0541. The van der Waals surface area contributed by atoms with E-state index in [0.717, 1.165) is 29.9 Å². The van der Waals surface area contributed by atoms with Crippen LogP contribution in [0.15, 0.2) is 128 Å². The van der Waals surface area contributed by atoms with Crippen LogP contribution in [0.2, 0.25) is 0 Å². The van der Waals surface area contributed by atoms with Crippen LogP contribution in [0.4, 0.5) is 17.1 Å². The zero-order chi connectivity index (χ0) is 25.8. The molecule has 2 aliphatic carbocycles. The van der Waals surface area contributed by atoms with Gasteiger partial charge in [-0.3, -0.25) is 4.98 Å². The third kappa shape index (κ3) is 3.53. The summed E-state index contributed by atoms with van der Waals surface area (Å²) < 4.78 is 0. The van der Waals surface area contributed by atoms with Crippen molar-refractivity contribution in [2.24, 2.45) is 0 Å². The van der Waals surface area contributed by atoms with Crippen LogP contribution < -0.4 is 4.90 Å². The molecule has 1 heterocycles. The standard InChI is InChI=1S/C37H26N2/c1-2-12-28(13-3-1)39(30-15-8-20-38-24-30)29-14-6-11-27(21-29)31-18-19-34-36-23-26-10-5-4-9-25(26)22-35(36)33-17-7-16-32(31)37(33)34/h1-4,6-9,11-24H,5,10H2. The van der Waals surface area contributed by atoms with Crippen LogP contribution >= 0.6 is 0 Å². The number of hydrogen-bond donors (Lipinski definition) is 0. The minimum atomic E-state index is 1.04. The van der Waals surface area contributed by atoms with Crippen molar-refractivity contribution in [1.82, 2.24) is 4.98 Å². The maximum atomic E-state index is 4.41. The van der Waals surface area contributed by atoms with Gasteiger partial charge in [-0.2, -0.15) is 0 Å². The lowest BCUT2D eigenvalue weighted by Gasteiger charge is -2.25. The van der Waals surface area contributed by atoms with Gasteiger partial charge in [0.2, 0.25) is 0 Å². The molecule has 1 aromatic heterocycles. The highest BCUT2D eigenvalue weighted by Gasteiger charge is 2.24. The van der Waals surface area contributed by atoms with E-state index in [1.54, 1.807) is 0 Å². The van der Waals surface area contributed by atoms with Gasteiger partial charge in [0.1, 0.15) is 0 Å². The fourth-order valence-corrected chi connectivity index (χ4v) is 6.36. The lowest BCUT2D eigenvalue weighted by Crippen LogP contribution is -2.10. The van der Waals surface area contributed by atoms with Crippen molar-refractivity contribution in [3.63, 3.8) is 0 Å². The number of rotatable bonds is 4. The molecular formula is C37H26N2. The number of aryl methyl sites for hydroxylation is 1. The van der Waals surface area contributed by atoms with Gasteiger partial charge >= 0.3 is 0 Å². The van der Waals surface area contributed by atoms with Gasteiger partial charge in [-0.05, 0) is 117 Å². The third-order valence-corrected chi connectivity index (χ3v) is 8.11. The normalized spacial score (nSPS) is 12.8. The first-order chi connectivity index (χ1) is 19.3. The highest BCUT2D eigenvalue weighted by molar-refractivity contribution is 6.19. The number of anilines is 3. The van der Waals surface area contributed by atoms with E-state index in [1.165, 1.54) is 55.3 Å². The topological polar surface area (TPSA) is 16.1 Å². The van der Waals surface area contributed by atoms with Crippen molar-refractivity contribution in [1.29, 1.82) is 0 Å². The fourth-order valence-electron chi connectivity index (χ4n) is 6.36. The second kappa shape index (κ2) is 8.82. The average molecular weight is 499 g/mol. The Morgan fingerprint density at radius 2 is 1.38 bits per heavy atom. The SMILES string of the molecule is C1=Cc2cc3c(cc2CC1)-c1ccc(-c2cccc(N(c4ccccc4)c4cccnc4)c2)c2cccc-3c12.